The smallest absolute Gasteiger partial charge is 0.0700 e. The Kier molecular flexibility index (Phi) is 10.3. The maximum atomic E-state index is 5.59. The molecule has 4 heteroatoms. The van der Waals surface area contributed by atoms with E-state index in [2.05, 4.69) is 18.7 Å². The highest BCUT2D eigenvalue weighted by molar-refractivity contribution is 4.61. The molecule has 0 aliphatic rings. The van der Waals surface area contributed by atoms with Crippen LogP contribution in [0, 0.1) is 5.92 Å². The summed E-state index contributed by atoms with van der Waals surface area (Å²) in [5.74, 6) is 0.559. The number of ether oxygens (including phenoxy) is 2. The SMILES string of the molecule is CCN(CCOCCOC)CC(C)CN. The Labute approximate surface area is 93.7 Å². The van der Waals surface area contributed by atoms with Gasteiger partial charge in [-0.05, 0) is 19.0 Å². The van der Waals surface area contributed by atoms with Crippen LogP contribution in [0.3, 0.4) is 0 Å². The molecule has 0 aliphatic carbocycles. The van der Waals surface area contributed by atoms with Gasteiger partial charge in [-0.3, -0.25) is 0 Å². The summed E-state index contributed by atoms with van der Waals surface area (Å²) >= 11 is 0. The summed E-state index contributed by atoms with van der Waals surface area (Å²) in [5.41, 5.74) is 5.59. The first-order chi connectivity index (χ1) is 7.24. The van der Waals surface area contributed by atoms with Crippen molar-refractivity contribution in [2.75, 3.05) is 53.1 Å². The Bertz CT molecular complexity index is 134. The zero-order chi connectivity index (χ0) is 11.5. The Hall–Kier alpha value is -0.160. The number of hydrogen-bond acceptors (Lipinski definition) is 4. The van der Waals surface area contributed by atoms with Crippen molar-refractivity contribution in [2.45, 2.75) is 13.8 Å². The molecule has 1 atom stereocenters. The summed E-state index contributed by atoms with van der Waals surface area (Å²) in [6, 6.07) is 0. The molecule has 0 fully saturated rings. The molecule has 0 saturated carbocycles. The molecule has 92 valence electrons. The normalized spacial score (nSPS) is 13.4. The Balaban J connectivity index is 3.44. The van der Waals surface area contributed by atoms with E-state index in [4.69, 9.17) is 15.2 Å². The number of hydrogen-bond donors (Lipinski definition) is 1. The molecule has 0 aliphatic heterocycles. The maximum absolute atomic E-state index is 5.59. The van der Waals surface area contributed by atoms with Crippen LogP contribution in [0.25, 0.3) is 0 Å². The highest BCUT2D eigenvalue weighted by Gasteiger charge is 2.06. The fourth-order valence-corrected chi connectivity index (χ4v) is 1.33. The summed E-state index contributed by atoms with van der Waals surface area (Å²) in [6.45, 7) is 10.3. The van der Waals surface area contributed by atoms with Crippen LogP contribution in [0.2, 0.25) is 0 Å². The van der Waals surface area contributed by atoms with Crippen LogP contribution in [-0.4, -0.2) is 58.0 Å². The van der Waals surface area contributed by atoms with Gasteiger partial charge >= 0.3 is 0 Å². The van der Waals surface area contributed by atoms with Crippen molar-refractivity contribution in [3.63, 3.8) is 0 Å². The van der Waals surface area contributed by atoms with Gasteiger partial charge in [-0.2, -0.15) is 0 Å². The largest absolute Gasteiger partial charge is 0.382 e. The van der Waals surface area contributed by atoms with E-state index in [9.17, 15) is 0 Å². The monoisotopic (exact) mass is 218 g/mol. The van der Waals surface area contributed by atoms with Gasteiger partial charge in [-0.15, -0.1) is 0 Å². The Morgan fingerprint density at radius 1 is 1.27 bits per heavy atom. The highest BCUT2D eigenvalue weighted by Crippen LogP contribution is 1.97. The third-order valence-corrected chi connectivity index (χ3v) is 2.40. The summed E-state index contributed by atoms with van der Waals surface area (Å²) in [7, 11) is 1.69. The van der Waals surface area contributed by atoms with Crippen molar-refractivity contribution in [3.8, 4) is 0 Å². The van der Waals surface area contributed by atoms with E-state index in [0.717, 1.165) is 32.8 Å². The topological polar surface area (TPSA) is 47.7 Å². The summed E-state index contributed by atoms with van der Waals surface area (Å²) in [6.07, 6.45) is 0. The lowest BCUT2D eigenvalue weighted by atomic mass is 10.2. The average molecular weight is 218 g/mol. The quantitative estimate of drug-likeness (QED) is 0.545. The fourth-order valence-electron chi connectivity index (χ4n) is 1.33. The Morgan fingerprint density at radius 3 is 2.53 bits per heavy atom. The van der Waals surface area contributed by atoms with Gasteiger partial charge in [-0.25, -0.2) is 0 Å². The first-order valence-corrected chi connectivity index (χ1v) is 5.73. The van der Waals surface area contributed by atoms with Gasteiger partial charge in [0.25, 0.3) is 0 Å². The molecule has 0 saturated heterocycles. The molecule has 0 aromatic heterocycles. The van der Waals surface area contributed by atoms with Gasteiger partial charge in [-0.1, -0.05) is 13.8 Å². The molecule has 0 aromatic carbocycles. The number of rotatable bonds is 10. The van der Waals surface area contributed by atoms with Gasteiger partial charge in [0.05, 0.1) is 19.8 Å². The number of nitrogens with zero attached hydrogens (tertiary/aromatic N) is 1. The van der Waals surface area contributed by atoms with E-state index < -0.39 is 0 Å². The molecule has 0 aromatic rings. The third-order valence-electron chi connectivity index (χ3n) is 2.40. The average Bonchev–Trinajstić information content (AvgIpc) is 2.26. The predicted octanol–water partition coefficient (Wildman–Crippen LogP) is 0.566. The van der Waals surface area contributed by atoms with E-state index in [0.29, 0.717) is 19.1 Å². The predicted molar refractivity (Wildman–Crippen MR) is 63.0 cm³/mol. The van der Waals surface area contributed by atoms with Crippen molar-refractivity contribution in [1.29, 1.82) is 0 Å². The molecule has 0 radical (unpaired) electrons. The molecule has 1 unspecified atom stereocenters. The number of likely N-dealkylation sites (N-methyl/N-ethyl adjacent to an activating group) is 1. The minimum Gasteiger partial charge on any atom is -0.382 e. The van der Waals surface area contributed by atoms with Gasteiger partial charge in [0.2, 0.25) is 0 Å². The second kappa shape index (κ2) is 10.4. The number of nitrogens with two attached hydrogens (primary N) is 1. The van der Waals surface area contributed by atoms with E-state index in [1.807, 2.05) is 0 Å². The summed E-state index contributed by atoms with van der Waals surface area (Å²) in [5, 5.41) is 0. The molecule has 0 amide bonds. The lowest BCUT2D eigenvalue weighted by Gasteiger charge is -2.23. The van der Waals surface area contributed by atoms with Crippen LogP contribution in [0.5, 0.6) is 0 Å². The zero-order valence-corrected chi connectivity index (χ0v) is 10.4. The number of methoxy groups -OCH3 is 1. The molecule has 15 heavy (non-hydrogen) atoms. The maximum Gasteiger partial charge on any atom is 0.0700 e. The molecule has 0 rings (SSSR count). The molecule has 0 heterocycles. The van der Waals surface area contributed by atoms with Gasteiger partial charge in [0.1, 0.15) is 0 Å². The van der Waals surface area contributed by atoms with E-state index >= 15 is 0 Å². The summed E-state index contributed by atoms with van der Waals surface area (Å²) < 4.78 is 10.3. The zero-order valence-electron chi connectivity index (χ0n) is 10.4. The van der Waals surface area contributed by atoms with Crippen LogP contribution in [0.4, 0.5) is 0 Å². The van der Waals surface area contributed by atoms with Crippen molar-refractivity contribution in [3.05, 3.63) is 0 Å². The van der Waals surface area contributed by atoms with E-state index in [-0.39, 0.29) is 0 Å². The van der Waals surface area contributed by atoms with Crippen LogP contribution in [0.15, 0.2) is 0 Å². The summed E-state index contributed by atoms with van der Waals surface area (Å²) in [4.78, 5) is 2.37. The first kappa shape index (κ1) is 14.8. The van der Waals surface area contributed by atoms with Crippen LogP contribution in [0.1, 0.15) is 13.8 Å². The van der Waals surface area contributed by atoms with E-state index in [1.165, 1.54) is 0 Å². The van der Waals surface area contributed by atoms with Crippen molar-refractivity contribution < 1.29 is 9.47 Å². The molecule has 2 N–H and O–H groups in total. The second-order valence-corrected chi connectivity index (χ2v) is 3.84. The van der Waals surface area contributed by atoms with Crippen molar-refractivity contribution >= 4 is 0 Å². The molecular formula is C11H26N2O2. The van der Waals surface area contributed by atoms with Crippen LogP contribution < -0.4 is 5.73 Å². The van der Waals surface area contributed by atoms with Crippen molar-refractivity contribution in [1.82, 2.24) is 4.90 Å². The lowest BCUT2D eigenvalue weighted by molar-refractivity contribution is 0.0561. The lowest BCUT2D eigenvalue weighted by Crippen LogP contribution is -2.34. The standard InChI is InChI=1S/C11H26N2O2/c1-4-13(10-11(2)9-12)5-6-15-8-7-14-3/h11H,4-10,12H2,1-3H3. The fraction of sp³-hybridized carbons (Fsp3) is 1.00. The molecule has 0 bridgehead atoms. The molecule has 0 spiro atoms. The third kappa shape index (κ3) is 8.81. The van der Waals surface area contributed by atoms with Gasteiger partial charge < -0.3 is 20.1 Å². The molecular weight excluding hydrogens is 192 g/mol. The van der Waals surface area contributed by atoms with Crippen LogP contribution in [-0.2, 0) is 9.47 Å². The van der Waals surface area contributed by atoms with Gasteiger partial charge in [0.15, 0.2) is 0 Å². The minimum atomic E-state index is 0.559. The van der Waals surface area contributed by atoms with Crippen molar-refractivity contribution in [2.24, 2.45) is 11.7 Å². The minimum absolute atomic E-state index is 0.559. The highest BCUT2D eigenvalue weighted by atomic mass is 16.5. The second-order valence-electron chi connectivity index (χ2n) is 3.84. The van der Waals surface area contributed by atoms with Gasteiger partial charge in [0, 0.05) is 20.2 Å². The molecule has 4 nitrogen and oxygen atoms in total. The van der Waals surface area contributed by atoms with E-state index in [1.54, 1.807) is 7.11 Å². The first-order valence-electron chi connectivity index (χ1n) is 5.73. The van der Waals surface area contributed by atoms with Crippen LogP contribution >= 0.6 is 0 Å². The Morgan fingerprint density at radius 2 is 2.00 bits per heavy atom.